The first-order valence-corrected chi connectivity index (χ1v) is 16.0. The van der Waals surface area contributed by atoms with Gasteiger partial charge in [0, 0.05) is 89.7 Å². The highest BCUT2D eigenvalue weighted by atomic mass is 19.2. The van der Waals surface area contributed by atoms with E-state index in [2.05, 4.69) is 15.1 Å². The van der Waals surface area contributed by atoms with Crippen molar-refractivity contribution in [2.45, 2.75) is 12.8 Å². The van der Waals surface area contributed by atoms with Crippen LogP contribution in [0.15, 0.2) is 47.8 Å². The number of carbonyl (C=O) groups is 3. The van der Waals surface area contributed by atoms with Gasteiger partial charge in [0.15, 0.2) is 29.1 Å². The minimum absolute atomic E-state index is 0.0959. The van der Waals surface area contributed by atoms with Crippen LogP contribution in [-0.4, -0.2) is 116 Å². The highest BCUT2D eigenvalue weighted by molar-refractivity contribution is 6.13. The molecule has 47 heavy (non-hydrogen) atoms. The van der Waals surface area contributed by atoms with Gasteiger partial charge in [-0.3, -0.25) is 14.4 Å². The summed E-state index contributed by atoms with van der Waals surface area (Å²) in [6.07, 6.45) is 3.09. The molecule has 12 heteroatoms. The van der Waals surface area contributed by atoms with Crippen molar-refractivity contribution in [3.8, 4) is 0 Å². The average Bonchev–Trinajstić information content (AvgIpc) is 3.04. The molecule has 2 aromatic carbocycles. The molecule has 2 atom stereocenters. The Morgan fingerprint density at radius 1 is 0.660 bits per heavy atom. The predicted octanol–water partition coefficient (Wildman–Crippen LogP) is 3.44. The average molecular weight is 656 g/mol. The fourth-order valence-corrected chi connectivity index (χ4v) is 6.25. The van der Waals surface area contributed by atoms with Crippen LogP contribution in [0, 0.1) is 35.1 Å². The molecule has 8 nitrogen and oxygen atoms in total. The number of piperidine rings is 1. The molecule has 0 aliphatic carbocycles. The molecule has 3 fully saturated rings. The molecule has 3 heterocycles. The molecule has 2 aromatic rings. The lowest BCUT2D eigenvalue weighted by atomic mass is 9.81. The summed E-state index contributed by atoms with van der Waals surface area (Å²) in [6, 6.07) is 7.09. The van der Waals surface area contributed by atoms with E-state index < -0.39 is 40.9 Å². The van der Waals surface area contributed by atoms with Crippen molar-refractivity contribution in [3.63, 3.8) is 0 Å². The fraction of sp³-hybridized carbons (Fsp3) is 0.457. The van der Waals surface area contributed by atoms with Gasteiger partial charge in [0.05, 0.1) is 11.8 Å². The molecule has 0 spiro atoms. The van der Waals surface area contributed by atoms with E-state index in [0.29, 0.717) is 48.7 Å². The van der Waals surface area contributed by atoms with E-state index in [9.17, 15) is 31.9 Å². The van der Waals surface area contributed by atoms with Gasteiger partial charge >= 0.3 is 0 Å². The van der Waals surface area contributed by atoms with E-state index in [4.69, 9.17) is 0 Å². The van der Waals surface area contributed by atoms with Crippen LogP contribution in [0.2, 0.25) is 0 Å². The number of hydrogen-bond acceptors (Lipinski definition) is 8. The maximum Gasteiger partial charge on any atom is 0.159 e. The summed E-state index contributed by atoms with van der Waals surface area (Å²) in [6.45, 7) is 5.67. The Morgan fingerprint density at radius 2 is 1.04 bits per heavy atom. The Balaban J connectivity index is 1.33. The van der Waals surface area contributed by atoms with Gasteiger partial charge in [-0.15, -0.1) is 0 Å². The minimum Gasteiger partial charge on any atom is -0.372 e. The summed E-state index contributed by atoms with van der Waals surface area (Å²) in [5, 5.41) is 3.10. The third-order valence-corrected chi connectivity index (χ3v) is 9.24. The molecule has 0 amide bonds. The number of allylic oxidation sites excluding steroid dienone is 2. The van der Waals surface area contributed by atoms with Gasteiger partial charge in [0.25, 0.3) is 0 Å². The van der Waals surface area contributed by atoms with E-state index in [0.717, 1.165) is 50.4 Å². The molecule has 252 valence electrons. The molecular formula is C35H41F4N5O3. The number of hydrogen-bond donors (Lipinski definition) is 1. The molecule has 0 aromatic heterocycles. The van der Waals surface area contributed by atoms with Crippen molar-refractivity contribution in [1.82, 2.24) is 24.9 Å². The summed E-state index contributed by atoms with van der Waals surface area (Å²) < 4.78 is 55.2. The van der Waals surface area contributed by atoms with E-state index in [1.165, 1.54) is 12.1 Å². The molecule has 1 N–H and O–H groups in total. The Labute approximate surface area is 272 Å². The molecule has 0 radical (unpaired) electrons. The van der Waals surface area contributed by atoms with Gasteiger partial charge in [0.1, 0.15) is 11.6 Å². The van der Waals surface area contributed by atoms with Crippen molar-refractivity contribution < 1.29 is 31.9 Å². The van der Waals surface area contributed by atoms with Gasteiger partial charge in [0.2, 0.25) is 0 Å². The minimum atomic E-state index is -1.05. The van der Waals surface area contributed by atoms with Crippen LogP contribution in [0.1, 0.15) is 24.0 Å². The summed E-state index contributed by atoms with van der Waals surface area (Å²) in [4.78, 5) is 49.6. The molecule has 5 rings (SSSR count). The molecular weight excluding hydrogens is 614 g/mol. The lowest BCUT2D eigenvalue weighted by Gasteiger charge is -2.37. The lowest BCUT2D eigenvalue weighted by Crippen LogP contribution is -2.51. The topological polar surface area (TPSA) is 76.2 Å². The van der Waals surface area contributed by atoms with Crippen molar-refractivity contribution in [3.05, 3.63) is 82.2 Å². The number of piperazine rings is 2. The number of ketones is 3. The summed E-state index contributed by atoms with van der Waals surface area (Å²) in [7, 11) is 3.99. The number of halogens is 4. The Kier molecular flexibility index (Phi) is 11.3. The monoisotopic (exact) mass is 655 g/mol. The zero-order chi connectivity index (χ0) is 33.7. The number of benzene rings is 2. The molecule has 0 saturated carbocycles. The van der Waals surface area contributed by atoms with E-state index in [1.54, 1.807) is 12.2 Å². The van der Waals surface area contributed by atoms with E-state index >= 15 is 0 Å². The first-order valence-electron chi connectivity index (χ1n) is 16.0. The van der Waals surface area contributed by atoms with Gasteiger partial charge < -0.3 is 24.9 Å². The molecule has 3 aliphatic heterocycles. The summed E-state index contributed by atoms with van der Waals surface area (Å²) in [5.74, 6) is -7.20. The number of carbonyl (C=O) groups excluding carboxylic acids is 3. The smallest absolute Gasteiger partial charge is 0.159 e. The third-order valence-electron chi connectivity index (χ3n) is 9.24. The van der Waals surface area contributed by atoms with Gasteiger partial charge in [-0.25, -0.2) is 17.6 Å². The van der Waals surface area contributed by atoms with Crippen LogP contribution in [-0.2, 0) is 14.4 Å². The molecule has 3 aliphatic rings. The van der Waals surface area contributed by atoms with Crippen molar-refractivity contribution in [1.29, 1.82) is 0 Å². The van der Waals surface area contributed by atoms with E-state index in [1.807, 2.05) is 23.9 Å². The van der Waals surface area contributed by atoms with Gasteiger partial charge in [-0.1, -0.05) is 12.1 Å². The number of nitrogens with zero attached hydrogens (tertiary/aromatic N) is 4. The van der Waals surface area contributed by atoms with E-state index in [-0.39, 0.29) is 37.5 Å². The van der Waals surface area contributed by atoms with Crippen LogP contribution in [0.25, 0.3) is 12.2 Å². The van der Waals surface area contributed by atoms with Crippen molar-refractivity contribution in [2.75, 3.05) is 79.5 Å². The van der Waals surface area contributed by atoms with Crippen molar-refractivity contribution >= 4 is 29.5 Å². The third kappa shape index (κ3) is 8.74. The number of rotatable bonds is 10. The maximum absolute atomic E-state index is 14.0. The molecule has 2 unspecified atom stereocenters. The molecule has 0 bridgehead atoms. The first-order chi connectivity index (χ1) is 22.5. The highest BCUT2D eigenvalue weighted by Crippen LogP contribution is 2.26. The van der Waals surface area contributed by atoms with Crippen LogP contribution >= 0.6 is 0 Å². The summed E-state index contributed by atoms with van der Waals surface area (Å²) in [5.41, 5.74) is 2.00. The zero-order valence-electron chi connectivity index (χ0n) is 26.8. The first kappa shape index (κ1) is 34.5. The Bertz CT molecular complexity index is 1440. The lowest BCUT2D eigenvalue weighted by molar-refractivity contribution is -0.140. The molecule has 3 saturated heterocycles. The van der Waals surface area contributed by atoms with Crippen molar-refractivity contribution in [2.24, 2.45) is 11.8 Å². The standard InChI is InChI=1S/C35H41F4N5O3/c1-41-7-11-43(12-8-41)25(15-23-3-5-29(36)31(38)17-23)19-33(45)27-21-40-22-28(35(27)47)34(46)20-26(44-13-9-42(2)10-14-44)16-24-4-6-30(37)32(39)18-24/h3-6,15-18,27-28,40H,7-14,19-22H2,1-2H3/b25-15+,26-16+. The van der Waals surface area contributed by atoms with Crippen LogP contribution < -0.4 is 5.32 Å². The van der Waals surface area contributed by atoms with Crippen LogP contribution in [0.4, 0.5) is 17.6 Å². The normalized spacial score (nSPS) is 22.1. The van der Waals surface area contributed by atoms with Crippen LogP contribution in [0.3, 0.4) is 0 Å². The second kappa shape index (κ2) is 15.4. The predicted molar refractivity (Wildman–Crippen MR) is 171 cm³/mol. The van der Waals surface area contributed by atoms with Crippen LogP contribution in [0.5, 0.6) is 0 Å². The quantitative estimate of drug-likeness (QED) is 0.309. The largest absolute Gasteiger partial charge is 0.372 e. The number of likely N-dealkylation sites (N-methyl/N-ethyl adjacent to an activating group) is 2. The Morgan fingerprint density at radius 3 is 1.40 bits per heavy atom. The summed E-state index contributed by atoms with van der Waals surface area (Å²) >= 11 is 0. The number of Topliss-reactive ketones (excluding diaryl/α,β-unsaturated/α-hetero) is 3. The maximum atomic E-state index is 14.0. The SMILES string of the molecule is CN1CCN(/C(=C/c2ccc(F)c(F)c2)CC(=O)C2CNCC(C(=O)C/C(=C\c3ccc(F)c(F)c3)N3CCN(C)CC3)C2=O)CC1. The zero-order valence-corrected chi connectivity index (χ0v) is 26.8. The van der Waals surface area contributed by atoms with Gasteiger partial charge in [-0.2, -0.15) is 0 Å². The second-order valence-electron chi connectivity index (χ2n) is 12.7. The van der Waals surface area contributed by atoms with Gasteiger partial charge in [-0.05, 0) is 61.6 Å². The number of nitrogens with one attached hydrogen (secondary N) is 1. The fourth-order valence-electron chi connectivity index (χ4n) is 6.25. The Hall–Kier alpha value is -3.87. The highest BCUT2D eigenvalue weighted by Gasteiger charge is 2.40. The second-order valence-corrected chi connectivity index (χ2v) is 12.7.